The predicted octanol–water partition coefficient (Wildman–Crippen LogP) is 3.96. The molecule has 0 aliphatic heterocycles. The molecular weight excluding hydrogens is 338 g/mol. The first-order chi connectivity index (χ1) is 12.9. The van der Waals surface area contributed by atoms with Gasteiger partial charge in [-0.25, -0.2) is 9.97 Å². The van der Waals surface area contributed by atoms with E-state index in [1.807, 2.05) is 24.3 Å². The molecule has 2 aliphatic carbocycles. The average Bonchev–Trinajstić information content (AvgIpc) is 2.97. The van der Waals surface area contributed by atoms with E-state index in [1.54, 1.807) is 24.5 Å². The summed E-state index contributed by atoms with van der Waals surface area (Å²) in [6, 6.07) is 11.4. The number of hydrogen-bond donors (Lipinski definition) is 0. The van der Waals surface area contributed by atoms with Crippen LogP contribution in [0.25, 0.3) is 11.0 Å². The summed E-state index contributed by atoms with van der Waals surface area (Å²) < 4.78 is 5.80. The van der Waals surface area contributed by atoms with Crippen molar-refractivity contribution in [2.45, 2.75) is 44.4 Å². The van der Waals surface area contributed by atoms with Gasteiger partial charge in [0.2, 0.25) is 0 Å². The van der Waals surface area contributed by atoms with E-state index >= 15 is 0 Å². The van der Waals surface area contributed by atoms with Crippen molar-refractivity contribution in [3.8, 4) is 5.75 Å². The summed E-state index contributed by atoms with van der Waals surface area (Å²) in [4.78, 5) is 27.5. The molecule has 27 heavy (non-hydrogen) atoms. The van der Waals surface area contributed by atoms with Gasteiger partial charge in [-0.15, -0.1) is 0 Å². The Hall–Kier alpha value is -2.82. The van der Waals surface area contributed by atoms with E-state index in [0.29, 0.717) is 5.75 Å². The van der Waals surface area contributed by atoms with Crippen molar-refractivity contribution in [2.75, 3.05) is 0 Å². The zero-order valence-electron chi connectivity index (χ0n) is 15.7. The van der Waals surface area contributed by atoms with Gasteiger partial charge in [0.25, 0.3) is 0 Å². The van der Waals surface area contributed by atoms with Crippen molar-refractivity contribution in [1.82, 2.24) is 15.0 Å². The normalized spacial score (nSPS) is 27.5. The number of fused-ring (bicyclic) bond motifs is 6. The minimum Gasteiger partial charge on any atom is -0.424 e. The minimum absolute atomic E-state index is 0.215. The van der Waals surface area contributed by atoms with E-state index in [9.17, 15) is 4.79 Å². The topological polar surface area (TPSA) is 65.0 Å². The van der Waals surface area contributed by atoms with Crippen molar-refractivity contribution in [3.05, 3.63) is 60.2 Å². The van der Waals surface area contributed by atoms with E-state index in [2.05, 4.69) is 25.8 Å². The number of rotatable bonds is 2. The van der Waals surface area contributed by atoms with Crippen molar-refractivity contribution < 1.29 is 9.53 Å². The smallest absolute Gasteiger partial charge is 0.324 e. The van der Waals surface area contributed by atoms with Gasteiger partial charge in [-0.05, 0) is 42.5 Å². The Labute approximate surface area is 157 Å². The standard InChI is InChI=1S/C22H21N3O2/c1-20(2)21(3)10-11-22(20,19(26)27-14-7-6-12-23-13-14)18-17(21)24-15-8-4-5-9-16(15)25-18/h4-9,12-13H,10-11H2,1-3H3/t21-,22-/m0/s1. The highest BCUT2D eigenvalue weighted by Gasteiger charge is 2.74. The molecule has 5 rings (SSSR count). The molecule has 0 amide bonds. The van der Waals surface area contributed by atoms with Crippen LogP contribution in [0, 0.1) is 5.41 Å². The molecule has 0 radical (unpaired) electrons. The Balaban J connectivity index is 1.72. The summed E-state index contributed by atoms with van der Waals surface area (Å²) in [6.45, 7) is 6.51. The molecule has 1 aromatic carbocycles. The molecule has 5 heteroatoms. The molecule has 0 unspecified atom stereocenters. The number of benzene rings is 1. The maximum atomic E-state index is 13.5. The zero-order valence-corrected chi connectivity index (χ0v) is 15.7. The maximum absolute atomic E-state index is 13.5. The monoisotopic (exact) mass is 359 g/mol. The second-order valence-electron chi connectivity index (χ2n) is 8.35. The summed E-state index contributed by atoms with van der Waals surface area (Å²) in [7, 11) is 0. The lowest BCUT2D eigenvalue weighted by Gasteiger charge is -2.38. The molecule has 136 valence electrons. The number of pyridine rings is 1. The first kappa shape index (κ1) is 16.4. The second-order valence-corrected chi connectivity index (χ2v) is 8.35. The van der Waals surface area contributed by atoms with Gasteiger partial charge in [-0.1, -0.05) is 32.9 Å². The van der Waals surface area contributed by atoms with Crippen LogP contribution >= 0.6 is 0 Å². The van der Waals surface area contributed by atoms with Gasteiger partial charge in [-0.3, -0.25) is 9.78 Å². The average molecular weight is 359 g/mol. The number of nitrogens with zero attached hydrogens (tertiary/aromatic N) is 3. The van der Waals surface area contributed by atoms with Gasteiger partial charge in [0.15, 0.2) is 0 Å². The molecule has 0 N–H and O–H groups in total. The lowest BCUT2D eigenvalue weighted by Crippen LogP contribution is -2.48. The molecule has 0 spiro atoms. The van der Waals surface area contributed by atoms with Crippen molar-refractivity contribution in [1.29, 1.82) is 0 Å². The summed E-state index contributed by atoms with van der Waals surface area (Å²) in [5.41, 5.74) is 2.05. The third-order valence-corrected chi connectivity index (χ3v) is 7.14. The van der Waals surface area contributed by atoms with E-state index in [0.717, 1.165) is 35.3 Å². The molecule has 5 nitrogen and oxygen atoms in total. The Kier molecular flexibility index (Phi) is 3.10. The Morgan fingerprint density at radius 2 is 1.67 bits per heavy atom. The first-order valence-electron chi connectivity index (χ1n) is 9.30. The fourth-order valence-electron chi connectivity index (χ4n) is 5.10. The Morgan fingerprint density at radius 1 is 0.963 bits per heavy atom. The number of carbonyl (C=O) groups is 1. The van der Waals surface area contributed by atoms with E-state index in [-0.39, 0.29) is 16.8 Å². The summed E-state index contributed by atoms with van der Waals surface area (Å²) >= 11 is 0. The number of para-hydroxylation sites is 2. The lowest BCUT2D eigenvalue weighted by atomic mass is 9.64. The predicted molar refractivity (Wildman–Crippen MR) is 101 cm³/mol. The third kappa shape index (κ3) is 1.84. The van der Waals surface area contributed by atoms with Gasteiger partial charge in [0, 0.05) is 11.6 Å². The van der Waals surface area contributed by atoms with Crippen molar-refractivity contribution in [2.24, 2.45) is 5.41 Å². The van der Waals surface area contributed by atoms with Crippen LogP contribution in [-0.2, 0) is 15.6 Å². The van der Waals surface area contributed by atoms with Gasteiger partial charge in [0.05, 0.1) is 28.6 Å². The maximum Gasteiger partial charge on any atom is 0.324 e. The van der Waals surface area contributed by atoms with Crippen LogP contribution in [0.1, 0.15) is 45.0 Å². The molecule has 2 heterocycles. The Morgan fingerprint density at radius 3 is 2.33 bits per heavy atom. The highest BCUT2D eigenvalue weighted by molar-refractivity contribution is 5.90. The zero-order chi connectivity index (χ0) is 18.9. The second kappa shape index (κ2) is 5.12. The number of ether oxygens (including phenoxy) is 1. The van der Waals surface area contributed by atoms with Crippen LogP contribution in [0.4, 0.5) is 0 Å². The first-order valence-corrected chi connectivity index (χ1v) is 9.30. The molecule has 2 atom stereocenters. The molecule has 3 aromatic rings. The number of aromatic nitrogens is 3. The van der Waals surface area contributed by atoms with E-state index in [4.69, 9.17) is 14.7 Å². The largest absolute Gasteiger partial charge is 0.424 e. The van der Waals surface area contributed by atoms with Crippen LogP contribution in [0.2, 0.25) is 0 Å². The van der Waals surface area contributed by atoms with Gasteiger partial charge in [-0.2, -0.15) is 0 Å². The van der Waals surface area contributed by atoms with Gasteiger partial charge in [0.1, 0.15) is 11.2 Å². The van der Waals surface area contributed by atoms with Crippen molar-refractivity contribution >= 4 is 17.0 Å². The summed E-state index contributed by atoms with van der Waals surface area (Å²) in [6.07, 6.45) is 4.84. The molecule has 2 aliphatic rings. The highest BCUT2D eigenvalue weighted by atomic mass is 16.5. The van der Waals surface area contributed by atoms with Crippen LogP contribution in [-0.4, -0.2) is 20.9 Å². The van der Waals surface area contributed by atoms with Gasteiger partial charge < -0.3 is 4.74 Å². The van der Waals surface area contributed by atoms with E-state index < -0.39 is 5.41 Å². The summed E-state index contributed by atoms with van der Waals surface area (Å²) in [5.74, 6) is 0.205. The van der Waals surface area contributed by atoms with Crippen LogP contribution in [0.15, 0.2) is 48.8 Å². The molecule has 1 fully saturated rings. The lowest BCUT2D eigenvalue weighted by molar-refractivity contribution is -0.145. The SMILES string of the molecule is CC1(C)[C@@]2(C)CC[C@@]1(C(=O)Oc1cccnc1)c1nc3ccccc3nc12. The van der Waals surface area contributed by atoms with E-state index in [1.165, 1.54) is 0 Å². The number of esters is 1. The molecule has 0 saturated heterocycles. The minimum atomic E-state index is -0.802. The van der Waals surface area contributed by atoms with Gasteiger partial charge >= 0.3 is 5.97 Å². The quantitative estimate of drug-likeness (QED) is 0.648. The molecule has 1 saturated carbocycles. The number of carbonyl (C=O) groups excluding carboxylic acids is 1. The van der Waals surface area contributed by atoms with Crippen LogP contribution in [0.5, 0.6) is 5.75 Å². The molecular formula is C22H21N3O2. The molecule has 2 bridgehead atoms. The number of hydrogen-bond acceptors (Lipinski definition) is 5. The van der Waals surface area contributed by atoms with Crippen LogP contribution in [0.3, 0.4) is 0 Å². The summed E-state index contributed by atoms with van der Waals surface area (Å²) in [5, 5.41) is 0. The fraction of sp³-hybridized carbons (Fsp3) is 0.364. The highest BCUT2D eigenvalue weighted by Crippen LogP contribution is 2.70. The third-order valence-electron chi connectivity index (χ3n) is 7.14. The van der Waals surface area contributed by atoms with Crippen molar-refractivity contribution in [3.63, 3.8) is 0 Å². The Bertz CT molecular complexity index is 1080. The van der Waals surface area contributed by atoms with Crippen LogP contribution < -0.4 is 4.74 Å². The fourth-order valence-corrected chi connectivity index (χ4v) is 5.10. The molecule has 2 aromatic heterocycles.